The number of piperazine rings is 2. The van der Waals surface area contributed by atoms with Gasteiger partial charge in [0.2, 0.25) is 11.8 Å². The van der Waals surface area contributed by atoms with Crippen LogP contribution < -0.4 is 0 Å². The molecule has 1 N–H and O–H groups in total. The Bertz CT molecular complexity index is 449. The molecule has 3 atom stereocenters. The van der Waals surface area contributed by atoms with Crippen molar-refractivity contribution < 1.29 is 14.7 Å². The van der Waals surface area contributed by atoms with Gasteiger partial charge in [0.1, 0.15) is 0 Å². The highest BCUT2D eigenvalue weighted by molar-refractivity contribution is 5.82. The smallest absolute Gasteiger partial charge is 0.239 e. The average molecular weight is 340 g/mol. The van der Waals surface area contributed by atoms with E-state index < -0.39 is 0 Å². The van der Waals surface area contributed by atoms with E-state index in [9.17, 15) is 14.7 Å². The van der Waals surface area contributed by atoms with E-state index in [-0.39, 0.29) is 24.0 Å². The van der Waals surface area contributed by atoms with Crippen molar-refractivity contribution >= 4 is 11.8 Å². The van der Waals surface area contributed by atoms with Crippen molar-refractivity contribution in [1.82, 2.24) is 19.6 Å². The van der Waals surface area contributed by atoms with E-state index in [4.69, 9.17) is 0 Å². The molecule has 2 rings (SSSR count). The zero-order chi connectivity index (χ0) is 17.9. The first-order chi connectivity index (χ1) is 11.3. The molecule has 24 heavy (non-hydrogen) atoms. The summed E-state index contributed by atoms with van der Waals surface area (Å²) in [7, 11) is 0. The number of aliphatic hydroxyl groups excluding tert-OH is 1. The maximum absolute atomic E-state index is 12.8. The number of carbonyl (C=O) groups is 2. The highest BCUT2D eigenvalue weighted by Gasteiger charge is 2.33. The molecule has 0 aromatic rings. The van der Waals surface area contributed by atoms with Crippen LogP contribution in [0.25, 0.3) is 0 Å². The summed E-state index contributed by atoms with van der Waals surface area (Å²) in [6, 6.07) is 0.197. The molecule has 2 amide bonds. The third kappa shape index (κ3) is 4.68. The van der Waals surface area contributed by atoms with Crippen molar-refractivity contribution in [3.63, 3.8) is 0 Å². The molecule has 0 radical (unpaired) electrons. The van der Waals surface area contributed by atoms with Gasteiger partial charge in [0.15, 0.2) is 0 Å². The fourth-order valence-electron chi connectivity index (χ4n) is 3.65. The molecule has 2 saturated heterocycles. The SMILES string of the molecule is CC(=O)N1CCN(C(=O)[C@H](C)N2CCN(C[C@H](C)O)[C@H](C)C2)CC1. The molecule has 0 unspecified atom stereocenters. The molecule has 0 aromatic heterocycles. The number of hydrogen-bond donors (Lipinski definition) is 1. The van der Waals surface area contributed by atoms with Crippen molar-refractivity contribution in [1.29, 1.82) is 0 Å². The van der Waals surface area contributed by atoms with Crippen LogP contribution in [-0.4, -0.2) is 107 Å². The zero-order valence-corrected chi connectivity index (χ0v) is 15.4. The minimum atomic E-state index is -0.323. The van der Waals surface area contributed by atoms with Gasteiger partial charge in [-0.1, -0.05) is 0 Å². The number of hydrogen-bond acceptors (Lipinski definition) is 5. The van der Waals surface area contributed by atoms with E-state index >= 15 is 0 Å². The molecule has 138 valence electrons. The molecule has 7 nitrogen and oxygen atoms in total. The first-order valence-electron chi connectivity index (χ1n) is 9.00. The third-order valence-electron chi connectivity index (χ3n) is 5.24. The van der Waals surface area contributed by atoms with Crippen LogP contribution in [0.5, 0.6) is 0 Å². The van der Waals surface area contributed by atoms with Crippen molar-refractivity contribution in [2.45, 2.75) is 45.9 Å². The quantitative estimate of drug-likeness (QED) is 0.744. The van der Waals surface area contributed by atoms with Gasteiger partial charge in [-0.05, 0) is 20.8 Å². The van der Waals surface area contributed by atoms with Gasteiger partial charge in [-0.2, -0.15) is 0 Å². The molecule has 2 aliphatic heterocycles. The lowest BCUT2D eigenvalue weighted by Gasteiger charge is -2.44. The Morgan fingerprint density at radius 3 is 2.12 bits per heavy atom. The van der Waals surface area contributed by atoms with Crippen LogP contribution >= 0.6 is 0 Å². The van der Waals surface area contributed by atoms with Gasteiger partial charge in [-0.15, -0.1) is 0 Å². The molecule has 0 aliphatic carbocycles. The highest BCUT2D eigenvalue weighted by Crippen LogP contribution is 2.15. The van der Waals surface area contributed by atoms with E-state index in [2.05, 4.69) is 16.7 Å². The second-order valence-electron chi connectivity index (χ2n) is 7.20. The fraction of sp³-hybridized carbons (Fsp3) is 0.882. The molecule has 7 heteroatoms. The number of aliphatic hydroxyl groups is 1. The number of carbonyl (C=O) groups excluding carboxylic acids is 2. The number of β-amino-alcohol motifs (C(OH)–C–C–N with tert-alkyl or cyclic N) is 1. The van der Waals surface area contributed by atoms with Crippen LogP contribution in [-0.2, 0) is 9.59 Å². The summed E-state index contributed by atoms with van der Waals surface area (Å²) in [5.74, 6) is 0.243. The van der Waals surface area contributed by atoms with E-state index in [1.54, 1.807) is 11.8 Å². The predicted molar refractivity (Wildman–Crippen MR) is 92.6 cm³/mol. The maximum Gasteiger partial charge on any atom is 0.239 e. The molecule has 2 heterocycles. The monoisotopic (exact) mass is 340 g/mol. The summed E-state index contributed by atoms with van der Waals surface area (Å²) in [5, 5.41) is 9.57. The maximum atomic E-state index is 12.8. The third-order valence-corrected chi connectivity index (χ3v) is 5.24. The highest BCUT2D eigenvalue weighted by atomic mass is 16.3. The lowest BCUT2D eigenvalue weighted by Crippen LogP contribution is -2.60. The second kappa shape index (κ2) is 8.27. The Morgan fingerprint density at radius 1 is 1.04 bits per heavy atom. The van der Waals surface area contributed by atoms with E-state index in [1.807, 2.05) is 18.7 Å². The van der Waals surface area contributed by atoms with Gasteiger partial charge in [0.05, 0.1) is 12.1 Å². The number of amides is 2. The lowest BCUT2D eigenvalue weighted by molar-refractivity contribution is -0.142. The Hall–Kier alpha value is -1.18. The van der Waals surface area contributed by atoms with Crippen LogP contribution in [0.3, 0.4) is 0 Å². The van der Waals surface area contributed by atoms with Crippen LogP contribution in [0.4, 0.5) is 0 Å². The molecule has 2 fully saturated rings. The molecule has 0 spiro atoms. The zero-order valence-electron chi connectivity index (χ0n) is 15.4. The van der Waals surface area contributed by atoms with Gasteiger partial charge >= 0.3 is 0 Å². The number of nitrogens with zero attached hydrogens (tertiary/aromatic N) is 4. The van der Waals surface area contributed by atoms with Gasteiger partial charge in [0.25, 0.3) is 0 Å². The first-order valence-corrected chi connectivity index (χ1v) is 9.00. The normalized spacial score (nSPS) is 26.3. The molecular weight excluding hydrogens is 308 g/mol. The Morgan fingerprint density at radius 2 is 1.62 bits per heavy atom. The summed E-state index contributed by atoms with van der Waals surface area (Å²) >= 11 is 0. The van der Waals surface area contributed by atoms with Gasteiger partial charge in [-0.25, -0.2) is 0 Å². The number of rotatable bonds is 4. The largest absolute Gasteiger partial charge is 0.392 e. The predicted octanol–water partition coefficient (Wildman–Crippen LogP) is -0.547. The summed E-state index contributed by atoms with van der Waals surface area (Å²) in [6.07, 6.45) is -0.323. The van der Waals surface area contributed by atoms with Crippen LogP contribution in [0.2, 0.25) is 0 Å². The Balaban J connectivity index is 1.85. The lowest BCUT2D eigenvalue weighted by atomic mass is 10.1. The summed E-state index contributed by atoms with van der Waals surface area (Å²) in [4.78, 5) is 32.4. The topological polar surface area (TPSA) is 67.3 Å². The van der Waals surface area contributed by atoms with Crippen LogP contribution in [0, 0.1) is 0 Å². The molecule has 0 bridgehead atoms. The Kier molecular flexibility index (Phi) is 6.60. The Labute approximate surface area is 145 Å². The molecule has 0 saturated carbocycles. The molecular formula is C17H32N4O3. The van der Waals surface area contributed by atoms with Gasteiger partial charge in [0, 0.05) is 65.3 Å². The van der Waals surface area contributed by atoms with Gasteiger partial charge in [-0.3, -0.25) is 19.4 Å². The van der Waals surface area contributed by atoms with Gasteiger partial charge < -0.3 is 14.9 Å². The van der Waals surface area contributed by atoms with Crippen molar-refractivity contribution in [2.75, 3.05) is 52.4 Å². The minimum Gasteiger partial charge on any atom is -0.392 e. The molecule has 0 aromatic carbocycles. The molecule has 2 aliphatic rings. The average Bonchev–Trinajstić information content (AvgIpc) is 2.55. The van der Waals surface area contributed by atoms with E-state index in [0.29, 0.717) is 38.8 Å². The fourth-order valence-corrected chi connectivity index (χ4v) is 3.65. The van der Waals surface area contributed by atoms with E-state index in [1.165, 1.54) is 0 Å². The van der Waals surface area contributed by atoms with Crippen molar-refractivity contribution in [3.8, 4) is 0 Å². The van der Waals surface area contributed by atoms with E-state index in [0.717, 1.165) is 19.6 Å². The second-order valence-corrected chi connectivity index (χ2v) is 7.20. The summed E-state index contributed by atoms with van der Waals surface area (Å²) < 4.78 is 0. The minimum absolute atomic E-state index is 0.0817. The van der Waals surface area contributed by atoms with Crippen molar-refractivity contribution in [3.05, 3.63) is 0 Å². The summed E-state index contributed by atoms with van der Waals surface area (Å²) in [6.45, 7) is 13.3. The first kappa shape index (κ1) is 19.1. The standard InChI is InChI=1S/C17H32N4O3/c1-13-11-21(10-9-20(13)12-14(2)22)15(3)17(24)19-7-5-18(6-8-19)16(4)23/h13-15,22H,5-12H2,1-4H3/t13-,14+,15+/m1/s1. The van der Waals surface area contributed by atoms with Crippen LogP contribution in [0.1, 0.15) is 27.7 Å². The van der Waals surface area contributed by atoms with Crippen LogP contribution in [0.15, 0.2) is 0 Å². The summed E-state index contributed by atoms with van der Waals surface area (Å²) in [5.41, 5.74) is 0. The van der Waals surface area contributed by atoms with Crippen molar-refractivity contribution in [2.24, 2.45) is 0 Å².